The van der Waals surface area contributed by atoms with Gasteiger partial charge in [0.05, 0.1) is 11.3 Å². The fourth-order valence-electron chi connectivity index (χ4n) is 3.13. The molecule has 1 N–H and O–H groups in total. The van der Waals surface area contributed by atoms with Crippen LogP contribution in [0.1, 0.15) is 44.4 Å². The Morgan fingerprint density at radius 3 is 2.68 bits per heavy atom. The summed E-state index contributed by atoms with van der Waals surface area (Å²) in [5.41, 5.74) is 1.93. The minimum absolute atomic E-state index is 0.0225. The van der Waals surface area contributed by atoms with Crippen molar-refractivity contribution in [3.05, 3.63) is 59.7 Å². The number of thioether (sulfide) groups is 1. The lowest BCUT2D eigenvalue weighted by Crippen LogP contribution is -2.43. The number of hydrogen-bond donors (Lipinski definition) is 1. The second-order valence-corrected chi connectivity index (χ2v) is 8.66. The molecule has 4 heteroatoms. The molecule has 0 bridgehead atoms. The normalized spacial score (nSPS) is 19.4. The number of hydrogen-bond acceptors (Lipinski definition) is 3. The van der Waals surface area contributed by atoms with Gasteiger partial charge in [-0.15, -0.1) is 11.8 Å². The van der Waals surface area contributed by atoms with Gasteiger partial charge in [-0.05, 0) is 51.5 Å². The molecule has 2 atom stereocenters. The van der Waals surface area contributed by atoms with Crippen LogP contribution in [-0.2, 0) is 4.79 Å². The first-order valence-electron chi connectivity index (χ1n) is 8.66. The van der Waals surface area contributed by atoms with Crippen LogP contribution < -0.4 is 10.1 Å². The quantitative estimate of drug-likeness (QED) is 0.793. The second-order valence-electron chi connectivity index (χ2n) is 7.24. The van der Waals surface area contributed by atoms with Crippen LogP contribution in [0, 0.1) is 6.92 Å². The summed E-state index contributed by atoms with van der Waals surface area (Å²) in [4.78, 5) is 13.8. The van der Waals surface area contributed by atoms with Crippen LogP contribution in [-0.4, -0.2) is 16.8 Å². The number of ether oxygens (including phenoxy) is 1. The SMILES string of the molecule is Cc1ccc2c(c1)OC(C)(C)CC2NC(=O)C(C)Sc1ccccc1. The van der Waals surface area contributed by atoms with E-state index in [0.717, 1.165) is 28.2 Å². The maximum Gasteiger partial charge on any atom is 0.233 e. The van der Waals surface area contributed by atoms with Crippen molar-refractivity contribution in [1.29, 1.82) is 0 Å². The lowest BCUT2D eigenvalue weighted by atomic mass is 9.89. The highest BCUT2D eigenvalue weighted by atomic mass is 32.2. The summed E-state index contributed by atoms with van der Waals surface area (Å²) in [6, 6.07) is 16.2. The number of carbonyl (C=O) groups is 1. The van der Waals surface area contributed by atoms with E-state index >= 15 is 0 Å². The van der Waals surface area contributed by atoms with Crippen molar-refractivity contribution < 1.29 is 9.53 Å². The number of carbonyl (C=O) groups excluding carboxylic acids is 1. The highest BCUT2D eigenvalue weighted by molar-refractivity contribution is 8.00. The predicted octanol–water partition coefficient (Wildman–Crippen LogP) is 4.89. The molecular weight excluding hydrogens is 330 g/mol. The lowest BCUT2D eigenvalue weighted by molar-refractivity contribution is -0.121. The number of aryl methyl sites for hydroxylation is 1. The first kappa shape index (κ1) is 17.9. The Morgan fingerprint density at radius 1 is 1.24 bits per heavy atom. The highest BCUT2D eigenvalue weighted by Gasteiger charge is 2.35. The van der Waals surface area contributed by atoms with Gasteiger partial charge >= 0.3 is 0 Å². The summed E-state index contributed by atoms with van der Waals surface area (Å²) in [5, 5.41) is 3.08. The first-order chi connectivity index (χ1) is 11.8. The molecule has 0 aliphatic carbocycles. The molecule has 2 aromatic carbocycles. The smallest absolute Gasteiger partial charge is 0.233 e. The number of benzene rings is 2. The van der Waals surface area contributed by atoms with Crippen LogP contribution in [0.5, 0.6) is 5.75 Å². The van der Waals surface area contributed by atoms with Gasteiger partial charge in [-0.25, -0.2) is 0 Å². The highest BCUT2D eigenvalue weighted by Crippen LogP contribution is 2.40. The summed E-state index contributed by atoms with van der Waals surface area (Å²) in [6.45, 7) is 8.14. The van der Waals surface area contributed by atoms with Gasteiger partial charge in [-0.1, -0.05) is 30.3 Å². The topological polar surface area (TPSA) is 38.3 Å². The third-order valence-electron chi connectivity index (χ3n) is 4.37. The summed E-state index contributed by atoms with van der Waals surface area (Å²) in [7, 11) is 0. The minimum Gasteiger partial charge on any atom is -0.487 e. The third kappa shape index (κ3) is 4.37. The average Bonchev–Trinajstić information content (AvgIpc) is 2.54. The van der Waals surface area contributed by atoms with Crippen molar-refractivity contribution in [2.75, 3.05) is 0 Å². The zero-order valence-electron chi connectivity index (χ0n) is 15.2. The van der Waals surface area contributed by atoms with Gasteiger partial charge in [0.2, 0.25) is 5.91 Å². The molecule has 1 aliphatic heterocycles. The molecule has 0 saturated carbocycles. The molecule has 0 fully saturated rings. The van der Waals surface area contributed by atoms with Crippen molar-refractivity contribution in [1.82, 2.24) is 5.32 Å². The van der Waals surface area contributed by atoms with Crippen molar-refractivity contribution in [3.8, 4) is 5.75 Å². The first-order valence-corrected chi connectivity index (χ1v) is 9.54. The van der Waals surface area contributed by atoms with E-state index < -0.39 is 0 Å². The third-order valence-corrected chi connectivity index (χ3v) is 5.48. The Bertz CT molecular complexity index is 758. The molecule has 2 unspecified atom stereocenters. The van der Waals surface area contributed by atoms with Crippen molar-refractivity contribution in [3.63, 3.8) is 0 Å². The molecule has 3 rings (SSSR count). The maximum absolute atomic E-state index is 12.7. The number of amides is 1. The fourth-order valence-corrected chi connectivity index (χ4v) is 4.03. The van der Waals surface area contributed by atoms with Gasteiger partial charge in [-0.3, -0.25) is 4.79 Å². The average molecular weight is 356 g/mol. The number of nitrogens with one attached hydrogen (secondary N) is 1. The zero-order chi connectivity index (χ0) is 18.0. The lowest BCUT2D eigenvalue weighted by Gasteiger charge is -2.38. The van der Waals surface area contributed by atoms with Crippen LogP contribution >= 0.6 is 11.8 Å². The summed E-state index contributed by atoms with van der Waals surface area (Å²) >= 11 is 1.58. The zero-order valence-corrected chi connectivity index (χ0v) is 16.0. The Kier molecular flexibility index (Phi) is 5.09. The Hall–Kier alpha value is -1.94. The van der Waals surface area contributed by atoms with E-state index in [-0.39, 0.29) is 22.8 Å². The van der Waals surface area contributed by atoms with Crippen molar-refractivity contribution in [2.45, 2.75) is 55.9 Å². The van der Waals surface area contributed by atoms with Crippen LogP contribution in [0.2, 0.25) is 0 Å². The van der Waals surface area contributed by atoms with Crippen molar-refractivity contribution in [2.24, 2.45) is 0 Å². The fraction of sp³-hybridized carbons (Fsp3) is 0.381. The van der Waals surface area contributed by atoms with Crippen LogP contribution in [0.15, 0.2) is 53.4 Å². The largest absolute Gasteiger partial charge is 0.487 e. The minimum atomic E-state index is -0.297. The van der Waals surface area contributed by atoms with E-state index in [2.05, 4.69) is 44.3 Å². The van der Waals surface area contributed by atoms with E-state index in [1.165, 1.54) is 0 Å². The van der Waals surface area contributed by atoms with Crippen LogP contribution in [0.25, 0.3) is 0 Å². The van der Waals surface area contributed by atoms with Gasteiger partial charge < -0.3 is 10.1 Å². The molecule has 0 saturated heterocycles. The van der Waals surface area contributed by atoms with E-state index in [9.17, 15) is 4.79 Å². The molecule has 1 aliphatic rings. The van der Waals surface area contributed by atoms with Crippen molar-refractivity contribution >= 4 is 17.7 Å². The Balaban J connectivity index is 1.74. The molecule has 0 aromatic heterocycles. The monoisotopic (exact) mass is 355 g/mol. The van der Waals surface area contributed by atoms with Crippen LogP contribution in [0.4, 0.5) is 0 Å². The second kappa shape index (κ2) is 7.12. The van der Waals surface area contributed by atoms with Gasteiger partial charge in [0.1, 0.15) is 11.4 Å². The Morgan fingerprint density at radius 2 is 1.96 bits per heavy atom. The predicted molar refractivity (Wildman–Crippen MR) is 103 cm³/mol. The number of rotatable bonds is 4. The van der Waals surface area contributed by atoms with E-state index in [0.29, 0.717) is 0 Å². The molecule has 132 valence electrons. The molecule has 3 nitrogen and oxygen atoms in total. The van der Waals surface area contributed by atoms with Gasteiger partial charge in [0, 0.05) is 16.9 Å². The summed E-state index contributed by atoms with van der Waals surface area (Å²) < 4.78 is 6.11. The van der Waals surface area contributed by atoms with Gasteiger partial charge in [0.15, 0.2) is 0 Å². The molecule has 0 radical (unpaired) electrons. The molecule has 0 spiro atoms. The Labute approximate surface area is 154 Å². The van der Waals surface area contributed by atoms with E-state index in [1.807, 2.05) is 37.3 Å². The number of fused-ring (bicyclic) bond motifs is 1. The molecule has 1 heterocycles. The van der Waals surface area contributed by atoms with Gasteiger partial charge in [0.25, 0.3) is 0 Å². The summed E-state index contributed by atoms with van der Waals surface area (Å²) in [6.07, 6.45) is 0.761. The maximum atomic E-state index is 12.7. The summed E-state index contributed by atoms with van der Waals surface area (Å²) in [5.74, 6) is 0.938. The molecule has 25 heavy (non-hydrogen) atoms. The van der Waals surface area contributed by atoms with Crippen LogP contribution in [0.3, 0.4) is 0 Å². The van der Waals surface area contributed by atoms with Gasteiger partial charge in [-0.2, -0.15) is 0 Å². The standard InChI is InChI=1S/C21H25NO2S/c1-14-10-11-17-18(13-21(3,4)24-19(17)12-14)22-20(23)15(2)25-16-8-6-5-7-9-16/h5-12,15,18H,13H2,1-4H3,(H,22,23). The molecular formula is C21H25NO2S. The van der Waals surface area contributed by atoms with E-state index in [4.69, 9.17) is 4.74 Å². The van der Waals surface area contributed by atoms with E-state index in [1.54, 1.807) is 11.8 Å². The molecule has 2 aromatic rings. The molecule has 1 amide bonds.